The van der Waals surface area contributed by atoms with Crippen LogP contribution in [0.4, 0.5) is 0 Å². The summed E-state index contributed by atoms with van der Waals surface area (Å²) in [5, 5.41) is 18.5. The molecule has 0 rings (SSSR count). The van der Waals surface area contributed by atoms with Gasteiger partial charge in [0.05, 0.1) is 18.7 Å². The Labute approximate surface area is 183 Å². The highest BCUT2D eigenvalue weighted by Gasteiger charge is 2.07. The zero-order chi connectivity index (χ0) is 22.1. The Balaban J connectivity index is 3.44. The van der Waals surface area contributed by atoms with Gasteiger partial charge < -0.3 is 10.2 Å². The first-order chi connectivity index (χ1) is 14.7. The van der Waals surface area contributed by atoms with Crippen LogP contribution < -0.4 is 0 Å². The fourth-order valence-corrected chi connectivity index (χ4v) is 3.79. The van der Waals surface area contributed by atoms with Gasteiger partial charge in [-0.05, 0) is 38.5 Å². The molecule has 0 aromatic rings. The Kier molecular flexibility index (Phi) is 22.9. The normalized spacial score (nSPS) is 12.7. The molecule has 0 radical (unpaired) electrons. The molecule has 6 heteroatoms. The van der Waals surface area contributed by atoms with Crippen molar-refractivity contribution in [2.24, 2.45) is 9.98 Å². The molecule has 0 bridgehead atoms. The number of nitrogens with zero attached hydrogens (tertiary/aromatic N) is 2. The zero-order valence-corrected chi connectivity index (χ0v) is 18.9. The first kappa shape index (κ1) is 28.7. The maximum absolute atomic E-state index is 10.6. The van der Waals surface area contributed by atoms with Crippen LogP contribution in [0.15, 0.2) is 9.98 Å². The van der Waals surface area contributed by atoms with Crippen LogP contribution in [0.1, 0.15) is 116 Å². The summed E-state index contributed by atoms with van der Waals surface area (Å²) in [6, 6.07) is 0.0965. The van der Waals surface area contributed by atoms with Gasteiger partial charge in [0.15, 0.2) is 0 Å². The lowest BCUT2D eigenvalue weighted by atomic mass is 10.0. The van der Waals surface area contributed by atoms with Crippen LogP contribution in [0.2, 0.25) is 0 Å². The minimum Gasteiger partial charge on any atom is -0.396 e. The van der Waals surface area contributed by atoms with E-state index in [-0.39, 0.29) is 18.8 Å². The van der Waals surface area contributed by atoms with Gasteiger partial charge in [-0.2, -0.15) is 0 Å². The average Bonchev–Trinajstić information content (AvgIpc) is 2.75. The summed E-state index contributed by atoms with van der Waals surface area (Å²) in [4.78, 5) is 28.1. The predicted octanol–water partition coefficient (Wildman–Crippen LogP) is 5.40. The summed E-state index contributed by atoms with van der Waals surface area (Å²) >= 11 is 0. The van der Waals surface area contributed by atoms with Crippen LogP contribution in [0.3, 0.4) is 0 Å². The molecule has 2 unspecified atom stereocenters. The molecule has 6 nitrogen and oxygen atoms in total. The van der Waals surface area contributed by atoms with E-state index in [9.17, 15) is 14.7 Å². The quantitative estimate of drug-likeness (QED) is 0.130. The summed E-state index contributed by atoms with van der Waals surface area (Å²) in [5.74, 6) is 0. The lowest BCUT2D eigenvalue weighted by Crippen LogP contribution is -2.06. The number of unbranched alkanes of at least 4 members (excludes halogenated alkanes) is 11. The smallest absolute Gasteiger partial charge is 0.235 e. The summed E-state index contributed by atoms with van der Waals surface area (Å²) in [5.41, 5.74) is 0. The second kappa shape index (κ2) is 24.0. The van der Waals surface area contributed by atoms with Gasteiger partial charge in [0.1, 0.15) is 0 Å². The molecule has 0 aromatic heterocycles. The lowest BCUT2D eigenvalue weighted by Gasteiger charge is -2.10. The molecule has 0 saturated carbocycles. The van der Waals surface area contributed by atoms with Gasteiger partial charge in [-0.15, -0.1) is 0 Å². The van der Waals surface area contributed by atoms with E-state index < -0.39 is 0 Å². The maximum atomic E-state index is 10.6. The van der Waals surface area contributed by atoms with Gasteiger partial charge in [0, 0.05) is 6.61 Å². The van der Waals surface area contributed by atoms with Crippen molar-refractivity contribution in [1.82, 2.24) is 0 Å². The third-order valence-corrected chi connectivity index (χ3v) is 5.63. The van der Waals surface area contributed by atoms with Crippen LogP contribution in [0.25, 0.3) is 0 Å². The van der Waals surface area contributed by atoms with Crippen molar-refractivity contribution in [3.8, 4) is 0 Å². The van der Waals surface area contributed by atoms with E-state index >= 15 is 0 Å². The van der Waals surface area contributed by atoms with E-state index in [1.54, 1.807) is 12.2 Å². The van der Waals surface area contributed by atoms with E-state index in [1.165, 1.54) is 51.4 Å². The van der Waals surface area contributed by atoms with E-state index in [4.69, 9.17) is 5.11 Å². The van der Waals surface area contributed by atoms with Gasteiger partial charge in [0.25, 0.3) is 0 Å². The molecule has 0 aliphatic heterocycles. The standard InChI is InChI=1S/C24H44N2O4/c27-20-14-18-24(30)17-12-8-6-4-2-1-3-5-7-10-15-23(26-22-29)16-11-9-13-19-25-21-28/h23-24,27,30H,1-20H2. The van der Waals surface area contributed by atoms with Crippen molar-refractivity contribution < 1.29 is 19.8 Å². The van der Waals surface area contributed by atoms with Crippen molar-refractivity contribution in [2.75, 3.05) is 13.2 Å². The zero-order valence-electron chi connectivity index (χ0n) is 18.9. The van der Waals surface area contributed by atoms with Gasteiger partial charge in [-0.25, -0.2) is 19.6 Å². The average molecular weight is 425 g/mol. The van der Waals surface area contributed by atoms with E-state index in [1.807, 2.05) is 0 Å². The number of hydrogen-bond acceptors (Lipinski definition) is 6. The molecule has 0 amide bonds. The van der Waals surface area contributed by atoms with Crippen LogP contribution in [0, 0.1) is 0 Å². The van der Waals surface area contributed by atoms with Crippen molar-refractivity contribution in [1.29, 1.82) is 0 Å². The number of hydrogen-bond donors (Lipinski definition) is 2. The van der Waals surface area contributed by atoms with Crippen LogP contribution >= 0.6 is 0 Å². The molecule has 0 spiro atoms. The Morgan fingerprint density at radius 1 is 0.600 bits per heavy atom. The summed E-state index contributed by atoms with van der Waals surface area (Å²) in [6.07, 6.45) is 22.3. The fourth-order valence-electron chi connectivity index (χ4n) is 3.79. The summed E-state index contributed by atoms with van der Waals surface area (Å²) < 4.78 is 0. The predicted molar refractivity (Wildman–Crippen MR) is 121 cm³/mol. The summed E-state index contributed by atoms with van der Waals surface area (Å²) in [6.45, 7) is 0.713. The molecule has 2 atom stereocenters. The summed E-state index contributed by atoms with van der Waals surface area (Å²) in [7, 11) is 0. The number of carbonyl (C=O) groups excluding carboxylic acids is 2. The minimum absolute atomic E-state index is 0.0965. The highest BCUT2D eigenvalue weighted by Crippen LogP contribution is 2.16. The van der Waals surface area contributed by atoms with Gasteiger partial charge in [-0.1, -0.05) is 77.0 Å². The molecule has 0 aromatic carbocycles. The molecular weight excluding hydrogens is 380 g/mol. The molecule has 174 valence electrons. The first-order valence-electron chi connectivity index (χ1n) is 12.1. The number of aliphatic hydroxyl groups excluding tert-OH is 2. The van der Waals surface area contributed by atoms with E-state index in [0.29, 0.717) is 13.0 Å². The SMILES string of the molecule is O=C=NCCCCCC(CCCCCCCCCCCCC(O)CCCO)N=C=O. The van der Waals surface area contributed by atoms with Crippen molar-refractivity contribution in [3.63, 3.8) is 0 Å². The molecule has 0 fully saturated rings. The Bertz CT molecular complexity index is 460. The molecule has 0 heterocycles. The second-order valence-electron chi connectivity index (χ2n) is 8.33. The molecule has 30 heavy (non-hydrogen) atoms. The Hall–Kier alpha value is -1.32. The lowest BCUT2D eigenvalue weighted by molar-refractivity contribution is 0.137. The largest absolute Gasteiger partial charge is 0.396 e. The van der Waals surface area contributed by atoms with Crippen molar-refractivity contribution in [2.45, 2.75) is 128 Å². The molecule has 0 aliphatic rings. The van der Waals surface area contributed by atoms with Crippen molar-refractivity contribution in [3.05, 3.63) is 0 Å². The van der Waals surface area contributed by atoms with Crippen LogP contribution in [-0.4, -0.2) is 47.7 Å². The topological polar surface area (TPSA) is 99.3 Å². The van der Waals surface area contributed by atoms with Crippen LogP contribution in [0.5, 0.6) is 0 Å². The fraction of sp³-hybridized carbons (Fsp3) is 0.917. The van der Waals surface area contributed by atoms with E-state index in [0.717, 1.165) is 57.8 Å². The minimum atomic E-state index is -0.239. The highest BCUT2D eigenvalue weighted by atomic mass is 16.3. The van der Waals surface area contributed by atoms with Crippen molar-refractivity contribution >= 4 is 12.2 Å². The Morgan fingerprint density at radius 3 is 1.57 bits per heavy atom. The third-order valence-electron chi connectivity index (χ3n) is 5.63. The monoisotopic (exact) mass is 424 g/mol. The van der Waals surface area contributed by atoms with Gasteiger partial charge in [0.2, 0.25) is 12.2 Å². The van der Waals surface area contributed by atoms with Crippen LogP contribution in [-0.2, 0) is 9.59 Å². The first-order valence-corrected chi connectivity index (χ1v) is 12.1. The number of aliphatic hydroxyl groups is 2. The molecular formula is C24H44N2O4. The maximum Gasteiger partial charge on any atom is 0.235 e. The molecule has 0 aliphatic carbocycles. The van der Waals surface area contributed by atoms with Gasteiger partial charge in [-0.3, -0.25) is 0 Å². The third kappa shape index (κ3) is 21.4. The van der Waals surface area contributed by atoms with Gasteiger partial charge >= 0.3 is 0 Å². The number of aliphatic imine (C=N–C) groups is 2. The highest BCUT2D eigenvalue weighted by molar-refractivity contribution is 5.33. The Morgan fingerprint density at radius 2 is 1.07 bits per heavy atom. The number of isocyanates is 2. The molecule has 2 N–H and O–H groups in total. The number of rotatable bonds is 23. The van der Waals surface area contributed by atoms with E-state index in [2.05, 4.69) is 9.98 Å². The molecule has 0 saturated heterocycles. The second-order valence-corrected chi connectivity index (χ2v) is 8.33.